The average Bonchev–Trinajstić information content (AvgIpc) is 2.60. The quantitative estimate of drug-likeness (QED) is 0.315. The molecule has 0 saturated heterocycles. The van der Waals surface area contributed by atoms with E-state index >= 15 is 0 Å². The van der Waals surface area contributed by atoms with E-state index in [0.717, 1.165) is 27.2 Å². The molecule has 1 heterocycles. The van der Waals surface area contributed by atoms with Gasteiger partial charge >= 0.3 is 0 Å². The largest absolute Gasteiger partial charge is 0.229 e. The lowest BCUT2D eigenvalue weighted by Gasteiger charge is -2.04. The van der Waals surface area contributed by atoms with Crippen molar-refractivity contribution in [1.82, 2.24) is 9.97 Å². The number of benzene rings is 3. The third kappa shape index (κ3) is 2.99. The summed E-state index contributed by atoms with van der Waals surface area (Å²) < 4.78 is 0. The zero-order chi connectivity index (χ0) is 16.5. The molecule has 0 fully saturated rings. The first-order valence-electron chi connectivity index (χ1n) is 7.49. The first kappa shape index (κ1) is 15.1. The van der Waals surface area contributed by atoms with E-state index in [1.807, 2.05) is 60.7 Å². The molecule has 0 bridgehead atoms. The van der Waals surface area contributed by atoms with Crippen LogP contribution in [-0.4, -0.2) is 9.97 Å². The first-order valence-corrected chi connectivity index (χ1v) is 8.24. The van der Waals surface area contributed by atoms with Gasteiger partial charge in [0.05, 0.1) is 5.52 Å². The Morgan fingerprint density at radius 3 is 2.21 bits per heavy atom. The van der Waals surface area contributed by atoms with Gasteiger partial charge in [-0.15, -0.1) is 0 Å². The predicted molar refractivity (Wildman–Crippen MR) is 102 cm³/mol. The Kier molecular flexibility index (Phi) is 3.93. The van der Waals surface area contributed by atoms with Gasteiger partial charge in [-0.2, -0.15) is 0 Å². The molecule has 3 aromatic carbocycles. The van der Waals surface area contributed by atoms with Crippen LogP contribution in [0.25, 0.3) is 33.8 Å². The minimum atomic E-state index is 0.460. The van der Waals surface area contributed by atoms with Crippen LogP contribution in [0.1, 0.15) is 11.4 Å². The van der Waals surface area contributed by atoms with Gasteiger partial charge in [-0.25, -0.2) is 9.97 Å². The number of hydrogen-bond donors (Lipinski definition) is 0. The van der Waals surface area contributed by atoms with E-state index in [0.29, 0.717) is 16.0 Å². The van der Waals surface area contributed by atoms with E-state index in [4.69, 9.17) is 23.2 Å². The number of halogens is 2. The Labute approximate surface area is 149 Å². The molecule has 116 valence electrons. The molecule has 2 nitrogen and oxygen atoms in total. The molecule has 0 saturated carbocycles. The molecule has 4 aromatic rings. The summed E-state index contributed by atoms with van der Waals surface area (Å²) in [6.07, 6.45) is 3.79. The molecule has 4 heteroatoms. The van der Waals surface area contributed by atoms with Crippen LogP contribution in [0.4, 0.5) is 0 Å². The van der Waals surface area contributed by atoms with Gasteiger partial charge in [0.25, 0.3) is 0 Å². The van der Waals surface area contributed by atoms with Crippen molar-refractivity contribution in [3.63, 3.8) is 0 Å². The summed E-state index contributed by atoms with van der Waals surface area (Å²) in [5, 5.41) is 4.29. The molecule has 1 aromatic heterocycles. The van der Waals surface area contributed by atoms with Crippen LogP contribution in [0.15, 0.2) is 60.7 Å². The van der Waals surface area contributed by atoms with E-state index in [-0.39, 0.29) is 0 Å². The summed E-state index contributed by atoms with van der Waals surface area (Å²) in [5.41, 5.74) is 1.86. The van der Waals surface area contributed by atoms with E-state index in [2.05, 4.69) is 22.1 Å². The van der Waals surface area contributed by atoms with E-state index in [1.54, 1.807) is 0 Å². The van der Waals surface area contributed by atoms with E-state index in [9.17, 15) is 0 Å². The SMILES string of the molecule is Clc1ccc(/C=C/c2nc(Cl)c3cc4ccccc4cc3n2)cc1. The Morgan fingerprint density at radius 2 is 1.46 bits per heavy atom. The molecule has 24 heavy (non-hydrogen) atoms. The molecule has 0 spiro atoms. The van der Waals surface area contributed by atoms with Gasteiger partial charge in [-0.3, -0.25) is 0 Å². The third-order valence-electron chi connectivity index (χ3n) is 3.83. The molecule has 0 aliphatic heterocycles. The van der Waals surface area contributed by atoms with Crippen molar-refractivity contribution in [2.24, 2.45) is 0 Å². The average molecular weight is 351 g/mol. The van der Waals surface area contributed by atoms with Crippen molar-refractivity contribution >= 4 is 57.0 Å². The van der Waals surface area contributed by atoms with Crippen LogP contribution in [-0.2, 0) is 0 Å². The minimum Gasteiger partial charge on any atom is -0.229 e. The Morgan fingerprint density at radius 1 is 0.750 bits per heavy atom. The van der Waals surface area contributed by atoms with Crippen molar-refractivity contribution < 1.29 is 0 Å². The monoisotopic (exact) mass is 350 g/mol. The molecule has 0 radical (unpaired) electrons. The topological polar surface area (TPSA) is 25.8 Å². The van der Waals surface area contributed by atoms with Crippen molar-refractivity contribution in [3.05, 3.63) is 82.2 Å². The van der Waals surface area contributed by atoms with Crippen LogP contribution in [0.3, 0.4) is 0 Å². The number of aromatic nitrogens is 2. The fraction of sp³-hybridized carbons (Fsp3) is 0. The summed E-state index contributed by atoms with van der Waals surface area (Å²) in [6, 6.07) is 19.8. The number of nitrogens with zero attached hydrogens (tertiary/aromatic N) is 2. The van der Waals surface area contributed by atoms with Crippen LogP contribution in [0, 0.1) is 0 Å². The summed E-state index contributed by atoms with van der Waals surface area (Å²) in [4.78, 5) is 8.99. The maximum atomic E-state index is 6.36. The lowest BCUT2D eigenvalue weighted by molar-refractivity contribution is 1.19. The molecule has 0 N–H and O–H groups in total. The zero-order valence-corrected chi connectivity index (χ0v) is 14.1. The Hall–Kier alpha value is -2.42. The zero-order valence-electron chi connectivity index (χ0n) is 12.6. The van der Waals surface area contributed by atoms with Crippen LogP contribution < -0.4 is 0 Å². The highest BCUT2D eigenvalue weighted by Gasteiger charge is 2.06. The minimum absolute atomic E-state index is 0.460. The van der Waals surface area contributed by atoms with Gasteiger partial charge in [-0.1, -0.05) is 65.7 Å². The summed E-state index contributed by atoms with van der Waals surface area (Å²) >= 11 is 12.3. The van der Waals surface area contributed by atoms with Gasteiger partial charge in [0.1, 0.15) is 5.15 Å². The second kappa shape index (κ2) is 6.23. The highest BCUT2D eigenvalue weighted by Crippen LogP contribution is 2.26. The Balaban J connectivity index is 1.78. The summed E-state index contributed by atoms with van der Waals surface area (Å²) in [5.74, 6) is 0.581. The molecule has 4 rings (SSSR count). The number of fused-ring (bicyclic) bond motifs is 2. The fourth-order valence-electron chi connectivity index (χ4n) is 2.61. The third-order valence-corrected chi connectivity index (χ3v) is 4.37. The molecule has 0 unspecified atom stereocenters. The molecule has 0 atom stereocenters. The molecule has 0 aliphatic carbocycles. The lowest BCUT2D eigenvalue weighted by atomic mass is 10.1. The van der Waals surface area contributed by atoms with E-state index in [1.165, 1.54) is 0 Å². The number of rotatable bonds is 2. The number of hydrogen-bond acceptors (Lipinski definition) is 2. The molecule has 0 amide bonds. The smallest absolute Gasteiger partial charge is 0.154 e. The van der Waals surface area contributed by atoms with Crippen LogP contribution >= 0.6 is 23.2 Å². The maximum Gasteiger partial charge on any atom is 0.154 e. The maximum absolute atomic E-state index is 6.36. The van der Waals surface area contributed by atoms with Crippen molar-refractivity contribution in [3.8, 4) is 0 Å². The molecular weight excluding hydrogens is 339 g/mol. The summed E-state index contributed by atoms with van der Waals surface area (Å²) in [7, 11) is 0. The van der Waals surface area contributed by atoms with Gasteiger partial charge in [0.15, 0.2) is 5.82 Å². The second-order valence-corrected chi connectivity index (χ2v) is 6.27. The first-order chi connectivity index (χ1) is 11.7. The second-order valence-electron chi connectivity index (χ2n) is 5.47. The van der Waals surface area contributed by atoms with Gasteiger partial charge < -0.3 is 0 Å². The van der Waals surface area contributed by atoms with E-state index < -0.39 is 0 Å². The summed E-state index contributed by atoms with van der Waals surface area (Å²) in [6.45, 7) is 0. The fourth-order valence-corrected chi connectivity index (χ4v) is 2.98. The van der Waals surface area contributed by atoms with Crippen molar-refractivity contribution in [1.29, 1.82) is 0 Å². The highest BCUT2D eigenvalue weighted by molar-refractivity contribution is 6.34. The molecular formula is C20H12Cl2N2. The van der Waals surface area contributed by atoms with Gasteiger partial charge in [-0.05, 0) is 46.7 Å². The normalized spacial score (nSPS) is 11.6. The highest BCUT2D eigenvalue weighted by atomic mass is 35.5. The van der Waals surface area contributed by atoms with Gasteiger partial charge in [0, 0.05) is 10.4 Å². The lowest BCUT2D eigenvalue weighted by Crippen LogP contribution is -1.91. The predicted octanol–water partition coefficient (Wildman–Crippen LogP) is 6.26. The van der Waals surface area contributed by atoms with Crippen LogP contribution in [0.5, 0.6) is 0 Å². The van der Waals surface area contributed by atoms with Gasteiger partial charge in [0.2, 0.25) is 0 Å². The Bertz CT molecular complexity index is 1070. The van der Waals surface area contributed by atoms with Crippen LogP contribution in [0.2, 0.25) is 10.2 Å². The molecule has 0 aliphatic rings. The van der Waals surface area contributed by atoms with Crippen molar-refractivity contribution in [2.45, 2.75) is 0 Å². The van der Waals surface area contributed by atoms with Crippen molar-refractivity contribution in [2.75, 3.05) is 0 Å². The standard InChI is InChI=1S/C20H12Cl2N2/c21-16-8-5-13(6-9-16)7-10-19-23-18-12-15-4-2-1-3-14(15)11-17(18)20(22)24-19/h1-12H/b10-7+.